The number of ether oxygens (including phenoxy) is 3. The van der Waals surface area contributed by atoms with Gasteiger partial charge in [-0.15, -0.1) is 0 Å². The van der Waals surface area contributed by atoms with Crippen LogP contribution in [0.25, 0.3) is 0 Å². The number of methoxy groups -OCH3 is 2. The molecule has 1 aliphatic carbocycles. The highest BCUT2D eigenvalue weighted by atomic mass is 16.7. The molecule has 84 valence electrons. The Balaban J connectivity index is 2.91. The predicted octanol–water partition coefficient (Wildman–Crippen LogP) is 1.42. The number of carbonyl (C=O) groups excluding carboxylic acids is 1. The zero-order valence-corrected chi connectivity index (χ0v) is 9.28. The third-order valence-electron chi connectivity index (χ3n) is 2.13. The summed E-state index contributed by atoms with van der Waals surface area (Å²) in [5.74, 6) is -0.788. The van der Waals surface area contributed by atoms with E-state index in [-0.39, 0.29) is 5.78 Å². The van der Waals surface area contributed by atoms with Gasteiger partial charge in [0.15, 0.2) is 11.5 Å². The molecule has 0 spiro atoms. The molecule has 1 unspecified atom stereocenters. The summed E-state index contributed by atoms with van der Waals surface area (Å²) in [6.07, 6.45) is 5.23. The fourth-order valence-electron chi connectivity index (χ4n) is 1.35. The Morgan fingerprint density at radius 2 is 2.13 bits per heavy atom. The maximum absolute atomic E-state index is 11.2. The summed E-state index contributed by atoms with van der Waals surface area (Å²) in [6.45, 7) is 2.53. The molecule has 0 bridgehead atoms. The summed E-state index contributed by atoms with van der Waals surface area (Å²) in [5.41, 5.74) is 0. The van der Waals surface area contributed by atoms with E-state index in [9.17, 15) is 4.79 Å². The smallest absolute Gasteiger partial charge is 0.248 e. The predicted molar refractivity (Wildman–Crippen MR) is 55.2 cm³/mol. The molecule has 0 radical (unpaired) electrons. The Bertz CT molecular complexity index is 293. The number of rotatable bonds is 5. The second-order valence-corrected chi connectivity index (χ2v) is 3.17. The number of carbonyl (C=O) groups is 1. The summed E-state index contributed by atoms with van der Waals surface area (Å²) in [6, 6.07) is 0. The monoisotopic (exact) mass is 212 g/mol. The van der Waals surface area contributed by atoms with Crippen molar-refractivity contribution in [2.45, 2.75) is 19.1 Å². The second kappa shape index (κ2) is 5.09. The normalized spacial score (nSPS) is 25.3. The molecule has 0 amide bonds. The lowest BCUT2D eigenvalue weighted by Crippen LogP contribution is -2.38. The maximum atomic E-state index is 11.2. The van der Waals surface area contributed by atoms with E-state index >= 15 is 0 Å². The minimum atomic E-state index is -1.04. The van der Waals surface area contributed by atoms with Gasteiger partial charge in [0, 0.05) is 13.2 Å². The van der Waals surface area contributed by atoms with Crippen molar-refractivity contribution >= 4 is 5.78 Å². The van der Waals surface area contributed by atoms with Crippen molar-refractivity contribution in [3.63, 3.8) is 0 Å². The van der Waals surface area contributed by atoms with Crippen LogP contribution in [0.2, 0.25) is 0 Å². The van der Waals surface area contributed by atoms with Crippen molar-refractivity contribution in [1.82, 2.24) is 0 Å². The van der Waals surface area contributed by atoms with E-state index in [0.717, 1.165) is 6.42 Å². The minimum absolute atomic E-state index is 0.125. The summed E-state index contributed by atoms with van der Waals surface area (Å²) >= 11 is 0. The van der Waals surface area contributed by atoms with Crippen molar-refractivity contribution < 1.29 is 19.0 Å². The van der Waals surface area contributed by atoms with Crippen LogP contribution in [0.15, 0.2) is 24.0 Å². The highest BCUT2D eigenvalue weighted by Crippen LogP contribution is 2.28. The first kappa shape index (κ1) is 11.9. The Kier molecular flexibility index (Phi) is 4.05. The van der Waals surface area contributed by atoms with Gasteiger partial charge in [0.25, 0.3) is 0 Å². The fourth-order valence-corrected chi connectivity index (χ4v) is 1.35. The van der Waals surface area contributed by atoms with Gasteiger partial charge in [0.2, 0.25) is 5.79 Å². The Morgan fingerprint density at radius 1 is 1.40 bits per heavy atom. The Labute approximate surface area is 89.5 Å². The summed E-state index contributed by atoms with van der Waals surface area (Å²) < 4.78 is 15.9. The van der Waals surface area contributed by atoms with Gasteiger partial charge in [-0.05, 0) is 18.6 Å². The summed E-state index contributed by atoms with van der Waals surface area (Å²) in [4.78, 5) is 11.2. The van der Waals surface area contributed by atoms with Gasteiger partial charge in [0.05, 0.1) is 13.7 Å². The largest absolute Gasteiger partial charge is 0.495 e. The van der Waals surface area contributed by atoms with Crippen LogP contribution in [0.3, 0.4) is 0 Å². The molecular formula is C11H16O4. The maximum Gasteiger partial charge on any atom is 0.248 e. The highest BCUT2D eigenvalue weighted by Gasteiger charge is 2.37. The van der Waals surface area contributed by atoms with Gasteiger partial charge in [-0.3, -0.25) is 4.79 Å². The van der Waals surface area contributed by atoms with Gasteiger partial charge in [0.1, 0.15) is 0 Å². The SMILES string of the molecule is CCCOC1(OC)C=CC(=O)C=C1OC. The molecule has 4 heteroatoms. The average Bonchev–Trinajstić information content (AvgIpc) is 2.28. The van der Waals surface area contributed by atoms with E-state index in [1.807, 2.05) is 6.92 Å². The van der Waals surface area contributed by atoms with E-state index in [4.69, 9.17) is 14.2 Å². The molecule has 0 heterocycles. The molecule has 1 rings (SSSR count). The van der Waals surface area contributed by atoms with Gasteiger partial charge < -0.3 is 14.2 Å². The first-order valence-corrected chi connectivity index (χ1v) is 4.87. The molecule has 0 aliphatic heterocycles. The molecule has 15 heavy (non-hydrogen) atoms. The van der Waals surface area contributed by atoms with Gasteiger partial charge in [-0.25, -0.2) is 0 Å². The van der Waals surface area contributed by atoms with Crippen LogP contribution in [0.4, 0.5) is 0 Å². The topological polar surface area (TPSA) is 44.8 Å². The van der Waals surface area contributed by atoms with E-state index in [0.29, 0.717) is 12.4 Å². The number of hydrogen-bond acceptors (Lipinski definition) is 4. The zero-order chi connectivity index (χ0) is 11.3. The lowest BCUT2D eigenvalue weighted by Gasteiger charge is -2.31. The van der Waals surface area contributed by atoms with Gasteiger partial charge in [-0.1, -0.05) is 6.92 Å². The van der Waals surface area contributed by atoms with Crippen LogP contribution in [-0.2, 0) is 19.0 Å². The Hall–Kier alpha value is -1.13. The van der Waals surface area contributed by atoms with Crippen molar-refractivity contribution in [2.24, 2.45) is 0 Å². The van der Waals surface area contributed by atoms with Crippen molar-refractivity contribution in [1.29, 1.82) is 0 Å². The van der Waals surface area contributed by atoms with E-state index in [1.54, 1.807) is 6.08 Å². The molecule has 1 atom stereocenters. The molecule has 0 saturated carbocycles. The van der Waals surface area contributed by atoms with Gasteiger partial charge >= 0.3 is 0 Å². The van der Waals surface area contributed by atoms with Crippen LogP contribution in [-0.4, -0.2) is 32.4 Å². The molecular weight excluding hydrogens is 196 g/mol. The van der Waals surface area contributed by atoms with Crippen molar-refractivity contribution in [3.05, 3.63) is 24.0 Å². The third kappa shape index (κ3) is 2.46. The van der Waals surface area contributed by atoms with E-state index in [2.05, 4.69) is 0 Å². The van der Waals surface area contributed by atoms with Crippen LogP contribution in [0.1, 0.15) is 13.3 Å². The highest BCUT2D eigenvalue weighted by molar-refractivity contribution is 6.01. The van der Waals surface area contributed by atoms with Crippen LogP contribution >= 0.6 is 0 Å². The lowest BCUT2D eigenvalue weighted by atomic mass is 10.1. The van der Waals surface area contributed by atoms with Crippen molar-refractivity contribution in [2.75, 3.05) is 20.8 Å². The summed E-state index contributed by atoms with van der Waals surface area (Å²) in [7, 11) is 3.00. The molecule has 0 aromatic carbocycles. The minimum Gasteiger partial charge on any atom is -0.495 e. The Morgan fingerprint density at radius 3 is 2.67 bits per heavy atom. The van der Waals surface area contributed by atoms with E-state index < -0.39 is 5.79 Å². The molecule has 0 fully saturated rings. The third-order valence-corrected chi connectivity index (χ3v) is 2.13. The number of ketones is 1. The van der Waals surface area contributed by atoms with Gasteiger partial charge in [-0.2, -0.15) is 0 Å². The first-order valence-electron chi connectivity index (χ1n) is 4.87. The van der Waals surface area contributed by atoms with Crippen LogP contribution < -0.4 is 0 Å². The average molecular weight is 212 g/mol. The van der Waals surface area contributed by atoms with Crippen molar-refractivity contribution in [3.8, 4) is 0 Å². The number of allylic oxidation sites excluding steroid dienone is 2. The lowest BCUT2D eigenvalue weighted by molar-refractivity contribution is -0.184. The fraction of sp³-hybridized carbons (Fsp3) is 0.545. The molecule has 0 saturated heterocycles. The number of hydrogen-bond donors (Lipinski definition) is 0. The standard InChI is InChI=1S/C11H16O4/c1-4-7-15-11(14-3)6-5-9(12)8-10(11)13-2/h5-6,8H,4,7H2,1-3H3. The zero-order valence-electron chi connectivity index (χ0n) is 9.28. The quantitative estimate of drug-likeness (QED) is 0.646. The molecule has 1 aliphatic rings. The van der Waals surface area contributed by atoms with Crippen LogP contribution in [0, 0.1) is 0 Å². The molecule has 4 nitrogen and oxygen atoms in total. The first-order chi connectivity index (χ1) is 7.18. The molecule has 0 N–H and O–H groups in total. The van der Waals surface area contributed by atoms with E-state index in [1.165, 1.54) is 26.4 Å². The summed E-state index contributed by atoms with van der Waals surface area (Å²) in [5, 5.41) is 0. The second-order valence-electron chi connectivity index (χ2n) is 3.17. The molecule has 0 aromatic heterocycles. The molecule has 0 aromatic rings. The van der Waals surface area contributed by atoms with Crippen LogP contribution in [0.5, 0.6) is 0 Å².